The molecule has 0 aliphatic carbocycles. The number of para-hydroxylation sites is 1. The van der Waals surface area contributed by atoms with Crippen molar-refractivity contribution in [3.8, 4) is 17.5 Å². The van der Waals surface area contributed by atoms with Crippen LogP contribution in [0.3, 0.4) is 0 Å². The molecule has 1 heterocycles. The molecule has 1 aromatic heterocycles. The molecule has 1 N–H and O–H groups in total. The van der Waals surface area contributed by atoms with E-state index in [4.69, 9.17) is 9.47 Å². The fourth-order valence-electron chi connectivity index (χ4n) is 2.97. The smallest absolute Gasteiger partial charge is 0.322 e. The number of rotatable bonds is 9. The molecule has 0 aliphatic heterocycles. The molecule has 162 valence electrons. The number of aryl methyl sites for hydroxylation is 2. The first-order chi connectivity index (χ1) is 15.0. The Morgan fingerprint density at radius 3 is 2.32 bits per heavy atom. The number of carbonyl (C=O) groups excluding carboxylic acids is 1. The number of anilines is 1. The topological polar surface area (TPSA) is 73.3 Å². The third-order valence-corrected chi connectivity index (χ3v) is 4.66. The number of nitrogens with one attached hydrogen (secondary N) is 1. The first kappa shape index (κ1) is 22.2. The van der Waals surface area contributed by atoms with Crippen LogP contribution < -0.4 is 14.8 Å². The lowest BCUT2D eigenvalue weighted by atomic mass is 10.2. The van der Waals surface area contributed by atoms with E-state index in [0.29, 0.717) is 29.2 Å². The monoisotopic (exact) mass is 423 g/mol. The largest absolute Gasteiger partial charge is 0.494 e. The molecule has 31 heavy (non-hydrogen) atoms. The summed E-state index contributed by atoms with van der Waals surface area (Å²) in [5.41, 5.74) is 2.02. The maximum absolute atomic E-state index is 13.8. The molecule has 0 radical (unpaired) electrons. The van der Waals surface area contributed by atoms with Crippen molar-refractivity contribution in [2.24, 2.45) is 0 Å². The average molecular weight is 423 g/mol. The van der Waals surface area contributed by atoms with Gasteiger partial charge in [-0.2, -0.15) is 9.97 Å². The molecular formula is C24H26FN3O3. The van der Waals surface area contributed by atoms with Crippen molar-refractivity contribution in [2.75, 3.05) is 11.9 Å². The molecule has 0 saturated carbocycles. The summed E-state index contributed by atoms with van der Waals surface area (Å²) in [6.45, 7) is 6.26. The number of aromatic nitrogens is 2. The predicted molar refractivity (Wildman–Crippen MR) is 117 cm³/mol. The number of hydrogen-bond donors (Lipinski definition) is 1. The van der Waals surface area contributed by atoms with E-state index in [-0.39, 0.29) is 17.7 Å². The second kappa shape index (κ2) is 10.5. The molecule has 2 aromatic carbocycles. The van der Waals surface area contributed by atoms with Crippen LogP contribution in [0.15, 0.2) is 48.5 Å². The lowest BCUT2D eigenvalue weighted by Crippen LogP contribution is -2.15. The average Bonchev–Trinajstić information content (AvgIpc) is 2.76. The highest BCUT2D eigenvalue weighted by atomic mass is 19.1. The molecule has 0 atom stereocenters. The zero-order valence-corrected chi connectivity index (χ0v) is 17.9. The van der Waals surface area contributed by atoms with Gasteiger partial charge >= 0.3 is 6.01 Å². The van der Waals surface area contributed by atoms with E-state index in [0.717, 1.165) is 25.0 Å². The Hall–Kier alpha value is -3.48. The molecule has 3 aromatic rings. The molecule has 0 fully saturated rings. The van der Waals surface area contributed by atoms with Crippen molar-refractivity contribution >= 4 is 11.6 Å². The van der Waals surface area contributed by atoms with E-state index in [1.807, 2.05) is 0 Å². The van der Waals surface area contributed by atoms with E-state index in [9.17, 15) is 9.18 Å². The van der Waals surface area contributed by atoms with Crippen LogP contribution in [0.5, 0.6) is 17.5 Å². The number of hydrogen-bond acceptors (Lipinski definition) is 5. The van der Waals surface area contributed by atoms with E-state index < -0.39 is 5.82 Å². The van der Waals surface area contributed by atoms with Crippen LogP contribution in [0.1, 0.15) is 47.9 Å². The fourth-order valence-corrected chi connectivity index (χ4v) is 2.97. The van der Waals surface area contributed by atoms with Crippen molar-refractivity contribution in [3.05, 3.63) is 71.3 Å². The molecule has 0 aliphatic rings. The van der Waals surface area contributed by atoms with Gasteiger partial charge in [0.15, 0.2) is 11.6 Å². The fraction of sp³-hybridized carbons (Fsp3) is 0.292. The summed E-state index contributed by atoms with van der Waals surface area (Å²) in [5.74, 6) is -0.0141. The number of ether oxygens (including phenoxy) is 2. The van der Waals surface area contributed by atoms with Gasteiger partial charge in [0.2, 0.25) is 0 Å². The van der Waals surface area contributed by atoms with Gasteiger partial charge in [-0.1, -0.05) is 31.9 Å². The van der Waals surface area contributed by atoms with Crippen molar-refractivity contribution in [2.45, 2.75) is 40.0 Å². The lowest BCUT2D eigenvalue weighted by molar-refractivity contribution is 0.102. The van der Waals surface area contributed by atoms with Gasteiger partial charge in [-0.15, -0.1) is 0 Å². The molecular weight excluding hydrogens is 397 g/mol. The summed E-state index contributed by atoms with van der Waals surface area (Å²) in [7, 11) is 0. The van der Waals surface area contributed by atoms with Crippen LogP contribution >= 0.6 is 0 Å². The van der Waals surface area contributed by atoms with Crippen LogP contribution in [0, 0.1) is 19.7 Å². The number of benzene rings is 2. The molecule has 0 bridgehead atoms. The van der Waals surface area contributed by atoms with Crippen LogP contribution in [0.4, 0.5) is 10.1 Å². The van der Waals surface area contributed by atoms with Crippen molar-refractivity contribution in [1.29, 1.82) is 0 Å². The zero-order chi connectivity index (χ0) is 22.2. The third-order valence-electron chi connectivity index (χ3n) is 4.66. The summed E-state index contributed by atoms with van der Waals surface area (Å²) in [4.78, 5) is 21.2. The van der Waals surface area contributed by atoms with Crippen LogP contribution in [-0.2, 0) is 0 Å². The lowest BCUT2D eigenvalue weighted by Gasteiger charge is -2.13. The highest BCUT2D eigenvalue weighted by Crippen LogP contribution is 2.25. The Morgan fingerprint density at radius 1 is 1.00 bits per heavy atom. The quantitative estimate of drug-likeness (QED) is 0.437. The van der Waals surface area contributed by atoms with Crippen LogP contribution in [-0.4, -0.2) is 22.5 Å². The SMILES string of the molecule is CCCCCOc1ccc(C(=O)Nc2c(C)nc(Oc3ccccc3F)nc2C)cc1. The Balaban J connectivity index is 1.66. The minimum Gasteiger partial charge on any atom is -0.494 e. The molecule has 0 spiro atoms. The number of nitrogens with zero attached hydrogens (tertiary/aromatic N) is 2. The molecule has 0 unspecified atom stereocenters. The van der Waals surface area contributed by atoms with Crippen molar-refractivity contribution in [1.82, 2.24) is 9.97 Å². The maximum Gasteiger partial charge on any atom is 0.322 e. The molecule has 0 saturated heterocycles. The Bertz CT molecular complexity index is 1020. The number of unbranched alkanes of at least 4 members (excludes halogenated alkanes) is 2. The minimum absolute atomic E-state index is 0.0164. The summed E-state index contributed by atoms with van der Waals surface area (Å²) < 4.78 is 24.9. The second-order valence-electron chi connectivity index (χ2n) is 7.12. The van der Waals surface area contributed by atoms with Gasteiger partial charge in [0.05, 0.1) is 23.7 Å². The standard InChI is InChI=1S/C24H26FN3O3/c1-4-5-8-15-30-19-13-11-18(12-14-19)23(29)28-22-16(2)26-24(27-17(22)3)31-21-10-7-6-9-20(21)25/h6-7,9-14H,4-5,8,15H2,1-3H3,(H,28,29). The van der Waals surface area contributed by atoms with E-state index >= 15 is 0 Å². The molecule has 6 nitrogen and oxygen atoms in total. The molecule has 7 heteroatoms. The Labute approximate surface area is 181 Å². The van der Waals surface area contributed by atoms with Gasteiger partial charge in [0.1, 0.15) is 5.75 Å². The summed E-state index contributed by atoms with van der Waals surface area (Å²) in [5, 5.41) is 2.84. The van der Waals surface area contributed by atoms with E-state index in [1.165, 1.54) is 12.1 Å². The zero-order valence-electron chi connectivity index (χ0n) is 17.9. The second-order valence-corrected chi connectivity index (χ2v) is 7.12. The normalized spacial score (nSPS) is 10.6. The van der Waals surface area contributed by atoms with Crippen LogP contribution in [0.2, 0.25) is 0 Å². The van der Waals surface area contributed by atoms with Crippen molar-refractivity contribution < 1.29 is 18.7 Å². The van der Waals surface area contributed by atoms with Crippen LogP contribution in [0.25, 0.3) is 0 Å². The van der Waals surface area contributed by atoms with E-state index in [2.05, 4.69) is 22.2 Å². The number of halogens is 1. The minimum atomic E-state index is -0.503. The first-order valence-electron chi connectivity index (χ1n) is 10.3. The van der Waals surface area contributed by atoms with Gasteiger partial charge in [-0.25, -0.2) is 4.39 Å². The van der Waals surface area contributed by atoms with Gasteiger partial charge in [-0.05, 0) is 56.7 Å². The van der Waals surface area contributed by atoms with Gasteiger partial charge < -0.3 is 14.8 Å². The number of amides is 1. The Morgan fingerprint density at radius 2 is 1.68 bits per heavy atom. The number of carbonyl (C=O) groups is 1. The van der Waals surface area contributed by atoms with Gasteiger partial charge in [0.25, 0.3) is 5.91 Å². The first-order valence-corrected chi connectivity index (χ1v) is 10.3. The summed E-state index contributed by atoms with van der Waals surface area (Å²) in [6.07, 6.45) is 3.28. The summed E-state index contributed by atoms with van der Waals surface area (Å²) >= 11 is 0. The maximum atomic E-state index is 13.8. The molecule has 3 rings (SSSR count). The van der Waals surface area contributed by atoms with Crippen molar-refractivity contribution in [3.63, 3.8) is 0 Å². The Kier molecular flexibility index (Phi) is 7.54. The van der Waals surface area contributed by atoms with Gasteiger partial charge in [-0.3, -0.25) is 4.79 Å². The predicted octanol–water partition coefficient (Wildman–Crippen LogP) is 5.85. The highest BCUT2D eigenvalue weighted by molar-refractivity contribution is 6.04. The summed E-state index contributed by atoms with van der Waals surface area (Å²) in [6, 6.07) is 13.0. The van der Waals surface area contributed by atoms with Gasteiger partial charge in [0, 0.05) is 5.56 Å². The molecule has 1 amide bonds. The van der Waals surface area contributed by atoms with E-state index in [1.54, 1.807) is 50.2 Å². The third kappa shape index (κ3) is 6.01. The highest BCUT2D eigenvalue weighted by Gasteiger charge is 2.15.